The van der Waals surface area contributed by atoms with E-state index in [0.29, 0.717) is 6.42 Å². The molecule has 0 spiro atoms. The maximum absolute atomic E-state index is 12.5. The Morgan fingerprint density at radius 3 is 2.18 bits per heavy atom. The summed E-state index contributed by atoms with van der Waals surface area (Å²) in [4.78, 5) is 23.9. The molecular weight excluding hydrogens is 378 g/mol. The molecule has 7 nitrogen and oxygen atoms in total. The number of hydrazine groups is 1. The van der Waals surface area contributed by atoms with Crippen LogP contribution in [0.4, 0.5) is 0 Å². The fourth-order valence-electron chi connectivity index (χ4n) is 2.52. The van der Waals surface area contributed by atoms with E-state index in [1.807, 2.05) is 37.3 Å². The van der Waals surface area contributed by atoms with Gasteiger partial charge in [0.25, 0.3) is 5.91 Å². The Kier molecular flexibility index (Phi) is 7.71. The van der Waals surface area contributed by atoms with E-state index in [0.717, 1.165) is 21.9 Å². The van der Waals surface area contributed by atoms with Gasteiger partial charge in [0.1, 0.15) is 0 Å². The minimum Gasteiger partial charge on any atom is -0.273 e. The van der Waals surface area contributed by atoms with Gasteiger partial charge >= 0.3 is 0 Å². The van der Waals surface area contributed by atoms with Crippen LogP contribution < -0.4 is 10.9 Å². The van der Waals surface area contributed by atoms with E-state index < -0.39 is 22.5 Å². The van der Waals surface area contributed by atoms with E-state index in [-0.39, 0.29) is 17.2 Å². The minimum absolute atomic E-state index is 0.110. The van der Waals surface area contributed by atoms with Crippen LogP contribution in [0.25, 0.3) is 0 Å². The molecule has 0 fully saturated rings. The van der Waals surface area contributed by atoms with Gasteiger partial charge in [-0.15, -0.1) is 0 Å². The third-order valence-electron chi connectivity index (χ3n) is 4.15. The summed E-state index contributed by atoms with van der Waals surface area (Å²) in [6.07, 6.45) is 1.67. The van der Waals surface area contributed by atoms with Crippen LogP contribution in [0.2, 0.25) is 0 Å². The molecule has 0 bridgehead atoms. The van der Waals surface area contributed by atoms with Crippen molar-refractivity contribution >= 4 is 21.8 Å². The Morgan fingerprint density at radius 1 is 0.929 bits per heavy atom. The maximum Gasteiger partial charge on any atom is 0.253 e. The molecule has 0 saturated carbocycles. The van der Waals surface area contributed by atoms with Crippen molar-refractivity contribution in [1.29, 1.82) is 0 Å². The predicted molar refractivity (Wildman–Crippen MR) is 107 cm³/mol. The van der Waals surface area contributed by atoms with E-state index in [4.69, 9.17) is 0 Å². The third-order valence-corrected chi connectivity index (χ3v) is 5.97. The molecule has 2 rings (SSSR count). The van der Waals surface area contributed by atoms with E-state index >= 15 is 0 Å². The van der Waals surface area contributed by atoms with Gasteiger partial charge in [-0.1, -0.05) is 48.0 Å². The number of aryl methyl sites for hydroxylation is 2. The molecule has 2 aromatic carbocycles. The van der Waals surface area contributed by atoms with Crippen molar-refractivity contribution in [1.82, 2.24) is 15.2 Å². The van der Waals surface area contributed by atoms with Crippen LogP contribution in [0, 0.1) is 6.92 Å². The molecule has 2 aromatic rings. The van der Waals surface area contributed by atoms with Crippen LogP contribution in [0.1, 0.15) is 24.0 Å². The Bertz CT molecular complexity index is 897. The molecule has 8 heteroatoms. The van der Waals surface area contributed by atoms with Crippen molar-refractivity contribution in [2.75, 3.05) is 13.6 Å². The molecular formula is C20H25N3O4S. The first-order chi connectivity index (χ1) is 13.3. The average Bonchev–Trinajstić information content (AvgIpc) is 2.67. The predicted octanol–water partition coefficient (Wildman–Crippen LogP) is 1.79. The highest BCUT2D eigenvalue weighted by Crippen LogP contribution is 2.14. The largest absolute Gasteiger partial charge is 0.273 e. The first-order valence-corrected chi connectivity index (χ1v) is 10.4. The Balaban J connectivity index is 1.75. The second-order valence-corrected chi connectivity index (χ2v) is 8.55. The fraction of sp³-hybridized carbons (Fsp3) is 0.300. The lowest BCUT2D eigenvalue weighted by atomic mass is 10.1. The van der Waals surface area contributed by atoms with Gasteiger partial charge in [-0.3, -0.25) is 20.4 Å². The average molecular weight is 404 g/mol. The molecule has 150 valence electrons. The second kappa shape index (κ2) is 10.0. The lowest BCUT2D eigenvalue weighted by Crippen LogP contribution is -2.46. The number of hydrogen-bond acceptors (Lipinski definition) is 4. The number of hydrogen-bond donors (Lipinski definition) is 2. The number of amides is 2. The summed E-state index contributed by atoms with van der Waals surface area (Å²) in [6, 6.07) is 16.2. The van der Waals surface area contributed by atoms with Crippen molar-refractivity contribution in [2.24, 2.45) is 0 Å². The Hall–Kier alpha value is -2.71. The summed E-state index contributed by atoms with van der Waals surface area (Å²) in [5.74, 6) is -0.942. The van der Waals surface area contributed by atoms with Gasteiger partial charge in [0.05, 0.1) is 11.4 Å². The van der Waals surface area contributed by atoms with Crippen LogP contribution in [0.5, 0.6) is 0 Å². The topological polar surface area (TPSA) is 95.6 Å². The van der Waals surface area contributed by atoms with Crippen molar-refractivity contribution in [3.8, 4) is 0 Å². The highest BCUT2D eigenvalue weighted by molar-refractivity contribution is 7.89. The zero-order chi connectivity index (χ0) is 20.6. The molecule has 2 amide bonds. The Labute approximate surface area is 165 Å². The second-order valence-electron chi connectivity index (χ2n) is 6.51. The van der Waals surface area contributed by atoms with Gasteiger partial charge < -0.3 is 0 Å². The van der Waals surface area contributed by atoms with Crippen molar-refractivity contribution in [3.05, 3.63) is 65.7 Å². The number of nitrogens with one attached hydrogen (secondary N) is 2. The normalized spacial score (nSPS) is 11.2. The smallest absolute Gasteiger partial charge is 0.253 e. The Morgan fingerprint density at radius 2 is 1.54 bits per heavy atom. The molecule has 2 N–H and O–H groups in total. The van der Waals surface area contributed by atoms with Gasteiger partial charge in [-0.2, -0.15) is 4.31 Å². The zero-order valence-electron chi connectivity index (χ0n) is 16.0. The molecule has 0 radical (unpaired) electrons. The van der Waals surface area contributed by atoms with Crippen LogP contribution in [-0.4, -0.2) is 38.1 Å². The lowest BCUT2D eigenvalue weighted by Gasteiger charge is -2.17. The summed E-state index contributed by atoms with van der Waals surface area (Å²) in [5.41, 5.74) is 6.64. The van der Waals surface area contributed by atoms with Crippen LogP contribution >= 0.6 is 0 Å². The van der Waals surface area contributed by atoms with Gasteiger partial charge in [0.15, 0.2) is 0 Å². The van der Waals surface area contributed by atoms with Gasteiger partial charge in [0.2, 0.25) is 15.9 Å². The highest BCUT2D eigenvalue weighted by Gasteiger charge is 2.22. The first-order valence-electron chi connectivity index (χ1n) is 8.93. The zero-order valence-corrected chi connectivity index (χ0v) is 16.8. The number of rotatable bonds is 8. The minimum atomic E-state index is -3.77. The highest BCUT2D eigenvalue weighted by atomic mass is 32.2. The summed E-state index contributed by atoms with van der Waals surface area (Å²) in [6.45, 7) is 1.45. The van der Waals surface area contributed by atoms with E-state index in [9.17, 15) is 18.0 Å². The number of carbonyl (C=O) groups is 2. The van der Waals surface area contributed by atoms with Crippen molar-refractivity contribution in [2.45, 2.75) is 31.1 Å². The van der Waals surface area contributed by atoms with Gasteiger partial charge in [-0.25, -0.2) is 8.42 Å². The number of nitrogens with zero attached hydrogens (tertiary/aromatic N) is 1. The number of sulfonamides is 1. The number of carbonyl (C=O) groups excluding carboxylic acids is 2. The van der Waals surface area contributed by atoms with E-state index in [1.165, 1.54) is 19.2 Å². The molecule has 0 heterocycles. The van der Waals surface area contributed by atoms with Gasteiger partial charge in [-0.05, 0) is 37.5 Å². The third kappa shape index (κ3) is 6.47. The number of likely N-dealkylation sites (N-methyl/N-ethyl adjacent to an activating group) is 1. The molecule has 0 aliphatic heterocycles. The standard InChI is InChI=1S/C20H25N3O4S/c1-16-11-13-18(14-12-16)28(26,27)23(2)15-20(25)22-21-19(24)10-6-9-17-7-4-3-5-8-17/h3-5,7-8,11-14H,6,9-10,15H2,1-2H3,(H,21,24)(H,22,25). The van der Waals surface area contributed by atoms with Crippen molar-refractivity contribution < 1.29 is 18.0 Å². The summed E-state index contributed by atoms with van der Waals surface area (Å²) < 4.78 is 25.8. The monoisotopic (exact) mass is 403 g/mol. The van der Waals surface area contributed by atoms with E-state index in [1.54, 1.807) is 12.1 Å². The molecule has 0 unspecified atom stereocenters. The molecule has 0 saturated heterocycles. The summed E-state index contributed by atoms with van der Waals surface area (Å²) in [5, 5.41) is 0. The quantitative estimate of drug-likeness (QED) is 0.657. The van der Waals surface area contributed by atoms with Crippen molar-refractivity contribution in [3.63, 3.8) is 0 Å². The van der Waals surface area contributed by atoms with E-state index in [2.05, 4.69) is 10.9 Å². The van der Waals surface area contributed by atoms with Crippen LogP contribution in [0.3, 0.4) is 0 Å². The van der Waals surface area contributed by atoms with Gasteiger partial charge in [0, 0.05) is 13.5 Å². The lowest BCUT2D eigenvalue weighted by molar-refractivity contribution is -0.128. The molecule has 0 aliphatic carbocycles. The summed E-state index contributed by atoms with van der Waals surface area (Å²) >= 11 is 0. The van der Waals surface area contributed by atoms with Crippen LogP contribution in [0.15, 0.2) is 59.5 Å². The molecule has 0 atom stereocenters. The maximum atomic E-state index is 12.5. The molecule has 0 aliphatic rings. The first kappa shape index (κ1) is 21.6. The summed E-state index contributed by atoms with van der Waals surface area (Å²) in [7, 11) is -2.46. The molecule has 0 aromatic heterocycles. The molecule has 28 heavy (non-hydrogen) atoms. The van der Waals surface area contributed by atoms with Crippen LogP contribution in [-0.2, 0) is 26.0 Å². The fourth-order valence-corrected chi connectivity index (χ4v) is 3.64. The number of benzene rings is 2. The SMILES string of the molecule is Cc1ccc(S(=O)(=O)N(C)CC(=O)NNC(=O)CCCc2ccccc2)cc1.